The summed E-state index contributed by atoms with van der Waals surface area (Å²) in [6, 6.07) is 1.54. The second kappa shape index (κ2) is 2.91. The maximum Gasteiger partial charge on any atom is 0.376 e. The Hall–Kier alpha value is -1.69. The standard InChI is InChI=1S/C7H5ClN4O2/c1-11-5-2-6(8)10-7(12(13)14)4(5)3-9-11/h2-3H,1H3. The Morgan fingerprint density at radius 3 is 3.00 bits per heavy atom. The van der Waals surface area contributed by atoms with Gasteiger partial charge < -0.3 is 10.1 Å². The Morgan fingerprint density at radius 2 is 2.36 bits per heavy atom. The van der Waals surface area contributed by atoms with Gasteiger partial charge in [0.05, 0.1) is 11.7 Å². The molecule has 7 heteroatoms. The minimum Gasteiger partial charge on any atom is -0.358 e. The predicted octanol–water partition coefficient (Wildman–Crippen LogP) is 1.53. The molecule has 0 aromatic carbocycles. The maximum absolute atomic E-state index is 10.6. The van der Waals surface area contributed by atoms with Crippen LogP contribution in [-0.2, 0) is 7.05 Å². The van der Waals surface area contributed by atoms with Crippen LogP contribution < -0.4 is 0 Å². The number of hydrogen-bond donors (Lipinski definition) is 0. The van der Waals surface area contributed by atoms with Gasteiger partial charge in [-0.3, -0.25) is 4.68 Å². The second-order valence-corrected chi connectivity index (χ2v) is 3.11. The van der Waals surface area contributed by atoms with Gasteiger partial charge in [0, 0.05) is 13.1 Å². The highest BCUT2D eigenvalue weighted by Crippen LogP contribution is 2.25. The van der Waals surface area contributed by atoms with Gasteiger partial charge in [-0.05, 0) is 21.5 Å². The molecule has 0 aliphatic carbocycles. The molecule has 0 aliphatic rings. The summed E-state index contributed by atoms with van der Waals surface area (Å²) in [6.45, 7) is 0. The smallest absolute Gasteiger partial charge is 0.358 e. The molecule has 0 spiro atoms. The van der Waals surface area contributed by atoms with Gasteiger partial charge in [0.2, 0.25) is 5.15 Å². The van der Waals surface area contributed by atoms with Crippen LogP contribution in [0.25, 0.3) is 10.9 Å². The van der Waals surface area contributed by atoms with Crippen molar-refractivity contribution in [3.63, 3.8) is 0 Å². The summed E-state index contributed by atoms with van der Waals surface area (Å²) < 4.78 is 1.51. The van der Waals surface area contributed by atoms with Crippen LogP contribution in [-0.4, -0.2) is 19.7 Å². The Morgan fingerprint density at radius 1 is 1.64 bits per heavy atom. The fourth-order valence-electron chi connectivity index (χ4n) is 1.24. The molecule has 0 saturated heterocycles. The third kappa shape index (κ3) is 1.20. The molecule has 6 nitrogen and oxygen atoms in total. The number of halogens is 1. The van der Waals surface area contributed by atoms with Crippen molar-refractivity contribution in [2.45, 2.75) is 0 Å². The van der Waals surface area contributed by atoms with Gasteiger partial charge in [-0.25, -0.2) is 0 Å². The van der Waals surface area contributed by atoms with Crippen LogP contribution in [0.4, 0.5) is 5.82 Å². The van der Waals surface area contributed by atoms with Gasteiger partial charge >= 0.3 is 5.82 Å². The average Bonchev–Trinajstić information content (AvgIpc) is 2.47. The molecular weight excluding hydrogens is 208 g/mol. The van der Waals surface area contributed by atoms with E-state index in [1.807, 2.05) is 0 Å². The highest BCUT2D eigenvalue weighted by molar-refractivity contribution is 6.30. The zero-order chi connectivity index (χ0) is 10.3. The average molecular weight is 213 g/mol. The number of fused-ring (bicyclic) bond motifs is 1. The van der Waals surface area contributed by atoms with Crippen molar-refractivity contribution in [2.24, 2.45) is 7.05 Å². The van der Waals surface area contributed by atoms with Crippen molar-refractivity contribution in [2.75, 3.05) is 0 Å². The molecule has 0 N–H and O–H groups in total. The van der Waals surface area contributed by atoms with Gasteiger partial charge in [0.1, 0.15) is 5.39 Å². The molecule has 0 radical (unpaired) electrons. The van der Waals surface area contributed by atoms with Crippen molar-refractivity contribution >= 4 is 28.3 Å². The quantitative estimate of drug-likeness (QED) is 0.408. The first-order chi connectivity index (χ1) is 6.59. The molecule has 0 amide bonds. The molecule has 2 rings (SSSR count). The molecule has 0 unspecified atom stereocenters. The summed E-state index contributed by atoms with van der Waals surface area (Å²) >= 11 is 5.64. The van der Waals surface area contributed by atoms with Crippen molar-refractivity contribution in [1.29, 1.82) is 0 Å². The van der Waals surface area contributed by atoms with E-state index in [1.165, 1.54) is 16.9 Å². The molecule has 0 bridgehead atoms. The van der Waals surface area contributed by atoms with Crippen LogP contribution in [0.2, 0.25) is 5.15 Å². The van der Waals surface area contributed by atoms with Gasteiger partial charge in [-0.2, -0.15) is 5.10 Å². The Kier molecular flexibility index (Phi) is 1.85. The molecule has 0 fully saturated rings. The number of rotatable bonds is 1. The molecule has 72 valence electrons. The van der Waals surface area contributed by atoms with Crippen molar-refractivity contribution in [3.8, 4) is 0 Å². The number of hydrogen-bond acceptors (Lipinski definition) is 4. The summed E-state index contributed by atoms with van der Waals surface area (Å²) in [4.78, 5) is 13.7. The minimum atomic E-state index is -0.574. The first kappa shape index (κ1) is 8.89. The van der Waals surface area contributed by atoms with E-state index >= 15 is 0 Å². The predicted molar refractivity (Wildman–Crippen MR) is 50.2 cm³/mol. The van der Waals surface area contributed by atoms with E-state index in [9.17, 15) is 10.1 Å². The lowest BCUT2D eigenvalue weighted by Gasteiger charge is -1.95. The molecule has 14 heavy (non-hydrogen) atoms. The van der Waals surface area contributed by atoms with E-state index in [1.54, 1.807) is 7.05 Å². The SMILES string of the molecule is Cn1ncc2c([N+](=O)[O-])nc(Cl)cc21. The second-order valence-electron chi connectivity index (χ2n) is 2.73. The number of aryl methyl sites for hydroxylation is 1. The summed E-state index contributed by atoms with van der Waals surface area (Å²) in [6.07, 6.45) is 1.40. The van der Waals surface area contributed by atoms with Gasteiger partial charge in [0.25, 0.3) is 0 Å². The monoisotopic (exact) mass is 212 g/mol. The number of nitro groups is 1. The lowest BCUT2D eigenvalue weighted by Crippen LogP contribution is -1.94. The fraction of sp³-hybridized carbons (Fsp3) is 0.143. The van der Waals surface area contributed by atoms with Crippen molar-refractivity contribution in [1.82, 2.24) is 14.8 Å². The van der Waals surface area contributed by atoms with E-state index in [0.717, 1.165) is 0 Å². The highest BCUT2D eigenvalue weighted by atomic mass is 35.5. The molecule has 0 saturated carbocycles. The summed E-state index contributed by atoms with van der Waals surface area (Å²) in [5.74, 6) is -0.263. The molecule has 2 heterocycles. The summed E-state index contributed by atoms with van der Waals surface area (Å²) in [7, 11) is 1.68. The van der Waals surface area contributed by atoms with Crippen molar-refractivity contribution < 1.29 is 4.92 Å². The zero-order valence-electron chi connectivity index (χ0n) is 7.14. The fourth-order valence-corrected chi connectivity index (χ4v) is 1.42. The third-order valence-corrected chi connectivity index (χ3v) is 2.06. The van der Waals surface area contributed by atoms with Crippen LogP contribution in [0.1, 0.15) is 0 Å². The first-order valence-corrected chi connectivity index (χ1v) is 4.10. The van der Waals surface area contributed by atoms with E-state index in [4.69, 9.17) is 11.6 Å². The number of aromatic nitrogens is 3. The topological polar surface area (TPSA) is 73.8 Å². The third-order valence-electron chi connectivity index (χ3n) is 1.87. The first-order valence-electron chi connectivity index (χ1n) is 3.72. The highest BCUT2D eigenvalue weighted by Gasteiger charge is 2.18. The summed E-state index contributed by atoms with van der Waals surface area (Å²) in [5.41, 5.74) is 0.594. The Balaban J connectivity index is 2.88. The zero-order valence-corrected chi connectivity index (χ0v) is 7.89. The lowest BCUT2D eigenvalue weighted by atomic mass is 10.3. The van der Waals surface area contributed by atoms with E-state index in [2.05, 4.69) is 10.1 Å². The van der Waals surface area contributed by atoms with E-state index in [-0.39, 0.29) is 11.0 Å². The van der Waals surface area contributed by atoms with Crippen LogP contribution >= 0.6 is 11.6 Å². The van der Waals surface area contributed by atoms with Crippen molar-refractivity contribution in [3.05, 3.63) is 27.5 Å². The molecule has 0 aliphatic heterocycles. The van der Waals surface area contributed by atoms with Gasteiger partial charge in [-0.15, -0.1) is 0 Å². The van der Waals surface area contributed by atoms with Crippen LogP contribution in [0.3, 0.4) is 0 Å². The summed E-state index contributed by atoms with van der Waals surface area (Å²) in [5, 5.41) is 15.0. The van der Waals surface area contributed by atoms with Gasteiger partial charge in [0.15, 0.2) is 0 Å². The van der Waals surface area contributed by atoms with Crippen LogP contribution in [0.5, 0.6) is 0 Å². The molecule has 0 atom stereocenters. The number of nitrogens with zero attached hydrogens (tertiary/aromatic N) is 4. The van der Waals surface area contributed by atoms with Crippen LogP contribution in [0.15, 0.2) is 12.3 Å². The largest absolute Gasteiger partial charge is 0.376 e. The molecule has 2 aromatic rings. The Labute approximate surface area is 83.3 Å². The maximum atomic E-state index is 10.6. The molecule has 2 aromatic heterocycles. The normalized spacial score (nSPS) is 10.7. The van der Waals surface area contributed by atoms with Crippen LogP contribution in [0, 0.1) is 10.1 Å². The molecular formula is C7H5ClN4O2. The van der Waals surface area contributed by atoms with E-state index in [0.29, 0.717) is 10.9 Å². The lowest BCUT2D eigenvalue weighted by molar-refractivity contribution is -0.387. The Bertz CT molecular complexity index is 522. The number of pyridine rings is 1. The minimum absolute atomic E-state index is 0.0906. The van der Waals surface area contributed by atoms with E-state index < -0.39 is 4.92 Å². The van der Waals surface area contributed by atoms with Gasteiger partial charge in [-0.1, -0.05) is 0 Å².